The third-order valence-electron chi connectivity index (χ3n) is 4.95. The van der Waals surface area contributed by atoms with Crippen molar-refractivity contribution in [3.63, 3.8) is 0 Å². The Kier molecular flexibility index (Phi) is 4.78. The van der Waals surface area contributed by atoms with Gasteiger partial charge in [-0.05, 0) is 43.0 Å². The quantitative estimate of drug-likeness (QED) is 0.871. The number of aliphatic hydroxyl groups excluding tert-OH is 1. The molecule has 0 amide bonds. The summed E-state index contributed by atoms with van der Waals surface area (Å²) in [6.07, 6.45) is 7.74. The molecule has 7 heteroatoms. The van der Waals surface area contributed by atoms with E-state index in [1.807, 2.05) is 29.8 Å². The van der Waals surface area contributed by atoms with Gasteiger partial charge in [-0.15, -0.1) is 0 Å². The number of hydroxylamine groups is 1. The molecule has 2 N–H and O–H groups in total. The fraction of sp³-hybridized carbons (Fsp3) is 0.421. The van der Waals surface area contributed by atoms with Crippen LogP contribution in [-0.2, 0) is 4.84 Å². The third kappa shape index (κ3) is 3.14. The molecule has 26 heavy (non-hydrogen) atoms. The Labute approximate surface area is 152 Å². The first-order chi connectivity index (χ1) is 12.7. The highest BCUT2D eigenvalue weighted by Gasteiger charge is 2.38. The summed E-state index contributed by atoms with van der Waals surface area (Å²) >= 11 is 0. The number of piperidine rings is 1. The van der Waals surface area contributed by atoms with E-state index in [1.54, 1.807) is 13.4 Å². The van der Waals surface area contributed by atoms with E-state index in [9.17, 15) is 5.11 Å². The summed E-state index contributed by atoms with van der Waals surface area (Å²) in [7, 11) is 1.68. The van der Waals surface area contributed by atoms with Crippen LogP contribution in [0.4, 0.5) is 0 Å². The Morgan fingerprint density at radius 3 is 3.08 bits per heavy atom. The summed E-state index contributed by atoms with van der Waals surface area (Å²) in [5.41, 5.74) is 7.31. The number of imidazole rings is 1. The molecule has 1 aromatic heterocycles. The molecule has 1 aromatic carbocycles. The number of fused-ring (bicyclic) bond motifs is 1. The molecule has 0 bridgehead atoms. The van der Waals surface area contributed by atoms with Crippen molar-refractivity contribution in [3.05, 3.63) is 47.6 Å². The maximum atomic E-state index is 9.44. The summed E-state index contributed by atoms with van der Waals surface area (Å²) in [6.45, 7) is 2.87. The highest BCUT2D eigenvalue weighted by Crippen LogP contribution is 2.31. The van der Waals surface area contributed by atoms with Crippen molar-refractivity contribution in [2.45, 2.75) is 32.2 Å². The Bertz CT molecular complexity index is 817. The van der Waals surface area contributed by atoms with Gasteiger partial charge >= 0.3 is 0 Å². The second kappa shape index (κ2) is 7.20. The standard InChI is InChI=1S/C19H24N4O3/c1-13-10-22(12-20-13)16-6-5-14(9-17(16)25-2)8-15-4-3-7-23-18(11-24)26-21-19(15)23/h5-6,8-10,12,18-19,21,24H,3-4,7,11H2,1-2H3/b15-8+/t18-,19?/m0/s1. The van der Waals surface area contributed by atoms with Crippen molar-refractivity contribution >= 4 is 6.08 Å². The van der Waals surface area contributed by atoms with Crippen molar-refractivity contribution in [2.75, 3.05) is 20.3 Å². The van der Waals surface area contributed by atoms with Crippen LogP contribution in [0, 0.1) is 6.92 Å². The van der Waals surface area contributed by atoms with Crippen LogP contribution < -0.4 is 10.2 Å². The number of aryl methyl sites for hydroxylation is 1. The Morgan fingerprint density at radius 2 is 2.35 bits per heavy atom. The lowest BCUT2D eigenvalue weighted by atomic mass is 9.98. The molecule has 2 aliphatic heterocycles. The lowest BCUT2D eigenvalue weighted by Crippen LogP contribution is -2.45. The number of rotatable bonds is 4. The highest BCUT2D eigenvalue weighted by molar-refractivity contribution is 5.61. The average molecular weight is 356 g/mol. The van der Waals surface area contributed by atoms with E-state index in [2.05, 4.69) is 27.5 Å². The van der Waals surface area contributed by atoms with Crippen LogP contribution in [0.2, 0.25) is 0 Å². The average Bonchev–Trinajstić information content (AvgIpc) is 3.28. The van der Waals surface area contributed by atoms with Crippen molar-refractivity contribution in [3.8, 4) is 11.4 Å². The number of methoxy groups -OCH3 is 1. The molecule has 2 fully saturated rings. The van der Waals surface area contributed by atoms with Gasteiger partial charge in [0.1, 0.15) is 11.9 Å². The van der Waals surface area contributed by atoms with E-state index >= 15 is 0 Å². The number of nitrogens with one attached hydrogen (secondary N) is 1. The minimum Gasteiger partial charge on any atom is -0.495 e. The first-order valence-corrected chi connectivity index (χ1v) is 8.87. The first kappa shape index (κ1) is 17.2. The molecule has 138 valence electrons. The molecule has 0 aliphatic carbocycles. The van der Waals surface area contributed by atoms with Gasteiger partial charge in [-0.2, -0.15) is 5.48 Å². The summed E-state index contributed by atoms with van der Waals surface area (Å²) in [5, 5.41) is 9.44. The highest BCUT2D eigenvalue weighted by atomic mass is 16.7. The number of aliphatic hydroxyl groups is 1. The minimum absolute atomic E-state index is 0.0103. The first-order valence-electron chi connectivity index (χ1n) is 8.87. The second-order valence-corrected chi connectivity index (χ2v) is 6.69. The van der Waals surface area contributed by atoms with Gasteiger partial charge in [-0.3, -0.25) is 9.74 Å². The van der Waals surface area contributed by atoms with Gasteiger partial charge in [0, 0.05) is 12.7 Å². The monoisotopic (exact) mass is 356 g/mol. The van der Waals surface area contributed by atoms with Gasteiger partial charge in [0.2, 0.25) is 0 Å². The third-order valence-corrected chi connectivity index (χ3v) is 4.95. The maximum absolute atomic E-state index is 9.44. The topological polar surface area (TPSA) is 71.8 Å². The molecule has 0 radical (unpaired) electrons. The molecule has 2 saturated heterocycles. The Balaban J connectivity index is 1.63. The Morgan fingerprint density at radius 1 is 1.46 bits per heavy atom. The van der Waals surface area contributed by atoms with E-state index in [1.165, 1.54) is 5.57 Å². The SMILES string of the molecule is COc1cc(/C=C2\CCCN3C2NO[C@H]3CO)ccc1-n1cnc(C)c1. The van der Waals surface area contributed by atoms with Crippen LogP contribution >= 0.6 is 0 Å². The molecule has 2 aliphatic rings. The normalized spacial score (nSPS) is 24.8. The molecule has 1 unspecified atom stereocenters. The van der Waals surface area contributed by atoms with Gasteiger partial charge < -0.3 is 14.4 Å². The van der Waals surface area contributed by atoms with Crippen LogP contribution in [0.25, 0.3) is 11.8 Å². The van der Waals surface area contributed by atoms with Crippen molar-refractivity contribution < 1.29 is 14.7 Å². The van der Waals surface area contributed by atoms with Crippen molar-refractivity contribution in [1.82, 2.24) is 19.9 Å². The molecule has 2 aromatic rings. The Hall–Kier alpha value is -2.19. The smallest absolute Gasteiger partial charge is 0.157 e. The van der Waals surface area contributed by atoms with Crippen LogP contribution in [0.15, 0.2) is 36.3 Å². The number of aromatic nitrogens is 2. The molecule has 4 rings (SSSR count). The summed E-state index contributed by atoms with van der Waals surface area (Å²) in [4.78, 5) is 11.9. The van der Waals surface area contributed by atoms with Crippen molar-refractivity contribution in [2.24, 2.45) is 0 Å². The second-order valence-electron chi connectivity index (χ2n) is 6.69. The van der Waals surface area contributed by atoms with Gasteiger partial charge in [0.25, 0.3) is 0 Å². The number of hydrogen-bond donors (Lipinski definition) is 2. The zero-order valence-electron chi connectivity index (χ0n) is 15.1. The molecule has 3 heterocycles. The lowest BCUT2D eigenvalue weighted by Gasteiger charge is -2.32. The predicted molar refractivity (Wildman–Crippen MR) is 97.7 cm³/mol. The number of ether oxygens (including phenoxy) is 1. The van der Waals surface area contributed by atoms with E-state index in [-0.39, 0.29) is 19.0 Å². The van der Waals surface area contributed by atoms with Gasteiger partial charge in [0.05, 0.1) is 31.4 Å². The summed E-state index contributed by atoms with van der Waals surface area (Å²) < 4.78 is 7.56. The fourth-order valence-electron chi connectivity index (χ4n) is 3.67. The molecular weight excluding hydrogens is 332 g/mol. The van der Waals surface area contributed by atoms with Crippen LogP contribution in [0.5, 0.6) is 5.75 Å². The van der Waals surface area contributed by atoms with Crippen molar-refractivity contribution in [1.29, 1.82) is 0 Å². The molecule has 7 nitrogen and oxygen atoms in total. The number of benzene rings is 1. The maximum Gasteiger partial charge on any atom is 0.157 e. The zero-order chi connectivity index (χ0) is 18.1. The van der Waals surface area contributed by atoms with E-state index in [0.717, 1.165) is 42.1 Å². The van der Waals surface area contributed by atoms with Crippen LogP contribution in [0.1, 0.15) is 24.1 Å². The van der Waals surface area contributed by atoms with Gasteiger partial charge in [-0.1, -0.05) is 12.1 Å². The van der Waals surface area contributed by atoms with E-state index < -0.39 is 0 Å². The number of nitrogens with zero attached hydrogens (tertiary/aromatic N) is 3. The minimum atomic E-state index is -0.273. The molecular formula is C19H24N4O3. The van der Waals surface area contributed by atoms with Crippen LogP contribution in [-0.4, -0.2) is 52.2 Å². The number of hydrogen-bond acceptors (Lipinski definition) is 6. The predicted octanol–water partition coefficient (Wildman–Crippen LogP) is 1.85. The van der Waals surface area contributed by atoms with Gasteiger partial charge in [-0.25, -0.2) is 4.98 Å². The van der Waals surface area contributed by atoms with Crippen LogP contribution in [0.3, 0.4) is 0 Å². The molecule has 0 saturated carbocycles. The zero-order valence-corrected chi connectivity index (χ0v) is 15.1. The summed E-state index contributed by atoms with van der Waals surface area (Å²) in [5.74, 6) is 0.799. The molecule has 2 atom stereocenters. The fourth-order valence-corrected chi connectivity index (χ4v) is 3.67. The van der Waals surface area contributed by atoms with E-state index in [4.69, 9.17) is 9.57 Å². The van der Waals surface area contributed by atoms with E-state index in [0.29, 0.717) is 0 Å². The lowest BCUT2D eigenvalue weighted by molar-refractivity contribution is -0.0429. The largest absolute Gasteiger partial charge is 0.495 e. The van der Waals surface area contributed by atoms with Gasteiger partial charge in [0.15, 0.2) is 6.23 Å². The molecule has 0 spiro atoms. The summed E-state index contributed by atoms with van der Waals surface area (Å²) in [6, 6.07) is 6.16.